The maximum Gasteiger partial charge on any atom is 0.351 e. The van der Waals surface area contributed by atoms with Crippen LogP contribution in [0.2, 0.25) is 0 Å². The Morgan fingerprint density at radius 3 is 2.95 bits per heavy atom. The summed E-state index contributed by atoms with van der Waals surface area (Å²) < 4.78 is 19.7. The van der Waals surface area contributed by atoms with Gasteiger partial charge in [0.05, 0.1) is 18.9 Å². The van der Waals surface area contributed by atoms with Crippen molar-refractivity contribution < 1.29 is 19.3 Å². The molecule has 1 unspecified atom stereocenters. The van der Waals surface area contributed by atoms with Gasteiger partial charge in [-0.1, -0.05) is 15.9 Å². The highest BCUT2D eigenvalue weighted by molar-refractivity contribution is 9.09. The Morgan fingerprint density at radius 2 is 2.42 bits per heavy atom. The van der Waals surface area contributed by atoms with Crippen LogP contribution < -0.4 is 11.4 Å². The van der Waals surface area contributed by atoms with Crippen molar-refractivity contribution in [1.29, 1.82) is 0 Å². The van der Waals surface area contributed by atoms with Crippen LogP contribution in [0.1, 0.15) is 12.6 Å². The molecule has 4 N–H and O–H groups in total. The summed E-state index contributed by atoms with van der Waals surface area (Å²) in [5, 5.41) is 19.4. The fourth-order valence-corrected chi connectivity index (χ4v) is 2.63. The first-order chi connectivity index (χ1) is 8.93. The lowest BCUT2D eigenvalue weighted by molar-refractivity contribution is -0.113. The van der Waals surface area contributed by atoms with Crippen LogP contribution in [0.15, 0.2) is 11.0 Å². The van der Waals surface area contributed by atoms with Crippen LogP contribution in [0.25, 0.3) is 0 Å². The largest absolute Gasteiger partial charge is 0.393 e. The molecule has 0 spiro atoms. The molecule has 0 bridgehead atoms. The van der Waals surface area contributed by atoms with Crippen LogP contribution >= 0.6 is 15.9 Å². The van der Waals surface area contributed by atoms with Gasteiger partial charge in [-0.15, -0.1) is 0 Å². The number of aliphatic hydroxyl groups is 2. The number of nitrogens with zero attached hydrogens (tertiary/aromatic N) is 2. The average molecular weight is 338 g/mol. The molecule has 1 aromatic heterocycles. The molecule has 106 valence electrons. The number of alkyl halides is 1. The van der Waals surface area contributed by atoms with Crippen molar-refractivity contribution in [3.63, 3.8) is 0 Å². The normalized spacial score (nSPS) is 30.7. The fraction of sp³-hybridized carbons (Fsp3) is 0.600. The van der Waals surface area contributed by atoms with Gasteiger partial charge in [-0.25, -0.2) is 9.18 Å². The summed E-state index contributed by atoms with van der Waals surface area (Å²) in [5.74, 6) is -1.34. The zero-order chi connectivity index (χ0) is 14.2. The Labute approximate surface area is 116 Å². The van der Waals surface area contributed by atoms with Gasteiger partial charge in [-0.05, 0) is 0 Å². The quantitative estimate of drug-likeness (QED) is 0.633. The van der Waals surface area contributed by atoms with E-state index >= 15 is 0 Å². The van der Waals surface area contributed by atoms with Crippen LogP contribution in [-0.2, 0) is 4.74 Å². The van der Waals surface area contributed by atoms with Crippen molar-refractivity contribution in [1.82, 2.24) is 9.55 Å². The molecule has 1 saturated heterocycles. The molecule has 19 heavy (non-hydrogen) atoms. The monoisotopic (exact) mass is 337 g/mol. The first kappa shape index (κ1) is 14.4. The van der Waals surface area contributed by atoms with Crippen molar-refractivity contribution >= 4 is 21.7 Å². The van der Waals surface area contributed by atoms with E-state index in [0.717, 1.165) is 10.8 Å². The lowest BCUT2D eigenvalue weighted by Crippen LogP contribution is -2.45. The van der Waals surface area contributed by atoms with Crippen molar-refractivity contribution in [3.8, 4) is 0 Å². The lowest BCUT2D eigenvalue weighted by Gasteiger charge is -2.27. The van der Waals surface area contributed by atoms with Gasteiger partial charge in [-0.2, -0.15) is 4.98 Å². The number of aromatic nitrogens is 2. The summed E-state index contributed by atoms with van der Waals surface area (Å²) in [6.07, 6.45) is -0.981. The van der Waals surface area contributed by atoms with Crippen molar-refractivity contribution in [3.05, 3.63) is 22.5 Å². The number of hydrogen-bond donors (Lipinski definition) is 3. The van der Waals surface area contributed by atoms with E-state index in [1.165, 1.54) is 0 Å². The Balaban J connectivity index is 2.36. The highest BCUT2D eigenvalue weighted by Crippen LogP contribution is 2.37. The summed E-state index contributed by atoms with van der Waals surface area (Å²) in [5.41, 5.74) is 3.19. The van der Waals surface area contributed by atoms with Crippen LogP contribution in [-0.4, -0.2) is 43.4 Å². The topological polar surface area (TPSA) is 111 Å². The number of anilines is 1. The molecule has 2 rings (SSSR count). The molecule has 2 heterocycles. The number of nitrogen functional groups attached to an aromatic ring is 1. The van der Waals surface area contributed by atoms with E-state index in [9.17, 15) is 19.4 Å². The molecule has 7 nitrogen and oxygen atoms in total. The van der Waals surface area contributed by atoms with Crippen molar-refractivity contribution in [2.45, 2.75) is 24.4 Å². The van der Waals surface area contributed by atoms with E-state index in [-0.39, 0.29) is 11.8 Å². The van der Waals surface area contributed by atoms with Crippen molar-refractivity contribution in [2.75, 3.05) is 17.7 Å². The molecule has 1 fully saturated rings. The van der Waals surface area contributed by atoms with Crippen LogP contribution in [0, 0.1) is 5.82 Å². The van der Waals surface area contributed by atoms with Gasteiger partial charge in [0.2, 0.25) is 0 Å². The molecule has 0 aromatic carbocycles. The predicted molar refractivity (Wildman–Crippen MR) is 67.2 cm³/mol. The van der Waals surface area contributed by atoms with E-state index < -0.39 is 41.9 Å². The maximum absolute atomic E-state index is 13.3. The number of hydrogen-bond acceptors (Lipinski definition) is 6. The minimum absolute atomic E-state index is 0.0388. The molecule has 0 saturated carbocycles. The lowest BCUT2D eigenvalue weighted by atomic mass is 10.0. The van der Waals surface area contributed by atoms with E-state index in [1.807, 2.05) is 0 Å². The second kappa shape index (κ2) is 5.16. The highest BCUT2D eigenvalue weighted by atomic mass is 79.9. The predicted octanol–water partition coefficient (Wildman–Crippen LogP) is -0.630. The minimum Gasteiger partial charge on any atom is -0.393 e. The third-order valence-electron chi connectivity index (χ3n) is 3.14. The second-order valence-electron chi connectivity index (χ2n) is 4.34. The number of halogens is 2. The van der Waals surface area contributed by atoms with E-state index in [0.29, 0.717) is 0 Å². The third-order valence-corrected chi connectivity index (χ3v) is 4.09. The third kappa shape index (κ3) is 2.38. The van der Waals surface area contributed by atoms with Crippen LogP contribution in [0.3, 0.4) is 0 Å². The van der Waals surface area contributed by atoms with Crippen LogP contribution in [0.4, 0.5) is 10.2 Å². The highest BCUT2D eigenvalue weighted by Gasteiger charge is 2.48. The smallest absolute Gasteiger partial charge is 0.351 e. The SMILES string of the molecule is Nc1nc(=O)n([C@H]2C[C@H](O)C(CO)(CBr)O2)cc1F. The number of aliphatic hydroxyl groups excluding tert-OH is 2. The molecular formula is C10H13BrFN3O4. The zero-order valence-electron chi connectivity index (χ0n) is 9.79. The van der Waals surface area contributed by atoms with Gasteiger partial charge in [0, 0.05) is 11.8 Å². The second-order valence-corrected chi connectivity index (χ2v) is 4.91. The molecular weight excluding hydrogens is 325 g/mol. The Kier molecular flexibility index (Phi) is 3.90. The molecule has 3 atom stereocenters. The van der Waals surface area contributed by atoms with Crippen LogP contribution in [0.5, 0.6) is 0 Å². The summed E-state index contributed by atoms with van der Waals surface area (Å²) in [6.45, 7) is -0.435. The standard InChI is InChI=1S/C10H13BrFN3O4/c11-3-10(4-16)6(17)1-7(19-10)15-2-5(12)8(13)14-9(15)18/h2,6-7,16-17H,1,3-4H2,(H2,13,14,18)/t6-,7+,10?/m0/s1. The van der Waals surface area contributed by atoms with Gasteiger partial charge in [0.25, 0.3) is 0 Å². The van der Waals surface area contributed by atoms with E-state index in [1.54, 1.807) is 0 Å². The van der Waals surface area contributed by atoms with E-state index in [4.69, 9.17) is 10.5 Å². The molecule has 9 heteroatoms. The first-order valence-electron chi connectivity index (χ1n) is 5.50. The summed E-state index contributed by atoms with van der Waals surface area (Å²) >= 11 is 3.14. The fourth-order valence-electron chi connectivity index (χ4n) is 1.94. The molecule has 0 radical (unpaired) electrons. The summed E-state index contributed by atoms with van der Waals surface area (Å²) in [7, 11) is 0. The molecule has 1 aliphatic rings. The van der Waals surface area contributed by atoms with Gasteiger partial charge in [-0.3, -0.25) is 4.57 Å². The zero-order valence-corrected chi connectivity index (χ0v) is 11.4. The maximum atomic E-state index is 13.3. The number of ether oxygens (including phenoxy) is 1. The van der Waals surface area contributed by atoms with Gasteiger partial charge >= 0.3 is 5.69 Å². The van der Waals surface area contributed by atoms with Crippen molar-refractivity contribution in [2.24, 2.45) is 0 Å². The van der Waals surface area contributed by atoms with Gasteiger partial charge in [0.15, 0.2) is 11.6 Å². The van der Waals surface area contributed by atoms with E-state index in [2.05, 4.69) is 20.9 Å². The Morgan fingerprint density at radius 1 is 1.74 bits per heavy atom. The Hall–Kier alpha value is -1.03. The number of nitrogens with two attached hydrogens (primary N) is 1. The molecule has 0 aliphatic carbocycles. The van der Waals surface area contributed by atoms with Gasteiger partial charge in [0.1, 0.15) is 11.8 Å². The average Bonchev–Trinajstić information content (AvgIpc) is 2.71. The molecule has 1 aromatic rings. The van der Waals surface area contributed by atoms with Gasteiger partial charge < -0.3 is 20.7 Å². The first-order valence-corrected chi connectivity index (χ1v) is 6.62. The Bertz CT molecular complexity index is 534. The molecule has 1 aliphatic heterocycles. The minimum atomic E-state index is -1.22. The number of rotatable bonds is 3. The summed E-state index contributed by atoms with van der Waals surface area (Å²) in [6, 6.07) is 0. The summed E-state index contributed by atoms with van der Waals surface area (Å²) in [4.78, 5) is 15.0. The molecule has 0 amide bonds.